The lowest BCUT2D eigenvalue weighted by atomic mass is 9.95. The van der Waals surface area contributed by atoms with E-state index >= 15 is 0 Å². The number of aryl methyl sites for hydroxylation is 3. The Morgan fingerprint density at radius 3 is 1.15 bits per heavy atom. The normalized spacial score (nSPS) is 10.9. The monoisotopic (exact) mass is 501 g/mol. The number of hydrogen-bond donors (Lipinski definition) is 0. The molecule has 188 valence electrons. The van der Waals surface area contributed by atoms with Crippen molar-refractivity contribution in [1.82, 2.24) is 4.98 Å². The molecule has 0 aliphatic carbocycles. The second kappa shape index (κ2) is 10.6. The van der Waals surface area contributed by atoms with E-state index in [-0.39, 0.29) is 0 Å². The van der Waals surface area contributed by atoms with Gasteiger partial charge in [0.2, 0.25) is 0 Å². The Morgan fingerprint density at radius 2 is 0.667 bits per heavy atom. The van der Waals surface area contributed by atoms with E-state index in [1.165, 1.54) is 44.5 Å². The van der Waals surface area contributed by atoms with Crippen molar-refractivity contribution in [1.29, 1.82) is 0 Å². The Labute approximate surface area is 231 Å². The second-order valence-electron chi connectivity index (χ2n) is 10.4. The van der Waals surface area contributed by atoms with Crippen molar-refractivity contribution in [3.05, 3.63) is 150 Å². The smallest absolute Gasteiger partial charge is 0.0715 e. The zero-order valence-electron chi connectivity index (χ0n) is 22.6. The third-order valence-electron chi connectivity index (χ3n) is 7.22. The predicted molar refractivity (Wildman–Crippen MR) is 166 cm³/mol. The molecule has 0 aliphatic rings. The first kappa shape index (κ1) is 24.6. The minimum absolute atomic E-state index is 0.989. The molecular formula is C38H31N. The molecule has 0 radical (unpaired) electrons. The summed E-state index contributed by atoms with van der Waals surface area (Å²) in [5, 5.41) is 0. The van der Waals surface area contributed by atoms with Gasteiger partial charge in [-0.1, -0.05) is 120 Å². The maximum atomic E-state index is 5.09. The molecule has 1 heteroatoms. The Hall–Kier alpha value is -4.75. The molecule has 0 saturated carbocycles. The summed E-state index contributed by atoms with van der Waals surface area (Å²) in [4.78, 5) is 5.09. The van der Waals surface area contributed by atoms with Crippen LogP contribution in [0.4, 0.5) is 0 Å². The van der Waals surface area contributed by atoms with E-state index in [0.29, 0.717) is 0 Å². The van der Waals surface area contributed by atoms with Crippen LogP contribution in [0.3, 0.4) is 0 Å². The average Bonchev–Trinajstić information content (AvgIpc) is 2.97. The number of rotatable bonds is 5. The number of aromatic nitrogens is 1. The molecular weight excluding hydrogens is 470 g/mol. The summed E-state index contributed by atoms with van der Waals surface area (Å²) in [6, 6.07) is 47.9. The largest absolute Gasteiger partial charge is 0.248 e. The van der Waals surface area contributed by atoms with E-state index in [0.717, 1.165) is 28.1 Å². The topological polar surface area (TPSA) is 12.9 Å². The minimum Gasteiger partial charge on any atom is -0.248 e. The van der Waals surface area contributed by atoms with Gasteiger partial charge in [0.15, 0.2) is 0 Å². The van der Waals surface area contributed by atoms with Gasteiger partial charge in [0.1, 0.15) is 0 Å². The van der Waals surface area contributed by atoms with E-state index < -0.39 is 0 Å². The molecule has 0 unspecified atom stereocenters. The molecule has 6 rings (SSSR count). The summed E-state index contributed by atoms with van der Waals surface area (Å²) in [7, 11) is 0. The highest BCUT2D eigenvalue weighted by Gasteiger charge is 2.10. The lowest BCUT2D eigenvalue weighted by Gasteiger charge is -2.12. The van der Waals surface area contributed by atoms with Crippen LogP contribution in [-0.2, 0) is 0 Å². The van der Waals surface area contributed by atoms with Gasteiger partial charge < -0.3 is 0 Å². The highest BCUT2D eigenvalue weighted by Crippen LogP contribution is 2.33. The van der Waals surface area contributed by atoms with Gasteiger partial charge in [0.05, 0.1) is 11.4 Å². The molecule has 0 saturated heterocycles. The van der Waals surface area contributed by atoms with E-state index in [4.69, 9.17) is 4.98 Å². The summed E-state index contributed by atoms with van der Waals surface area (Å²) in [6.07, 6.45) is 0. The van der Waals surface area contributed by atoms with Gasteiger partial charge in [-0.25, -0.2) is 4.98 Å². The molecule has 0 atom stereocenters. The molecule has 5 aromatic carbocycles. The molecule has 39 heavy (non-hydrogen) atoms. The third kappa shape index (κ3) is 5.44. The van der Waals surface area contributed by atoms with Crippen molar-refractivity contribution in [2.24, 2.45) is 0 Å². The molecule has 0 bridgehead atoms. The van der Waals surface area contributed by atoms with Crippen LogP contribution in [0.25, 0.3) is 55.9 Å². The molecule has 1 aromatic heterocycles. The minimum atomic E-state index is 0.989. The number of benzene rings is 5. The predicted octanol–water partition coefficient (Wildman–Crippen LogP) is 10.3. The fraction of sp³-hybridized carbons (Fsp3) is 0.0789. The van der Waals surface area contributed by atoms with Crippen LogP contribution in [-0.4, -0.2) is 4.98 Å². The Morgan fingerprint density at radius 1 is 0.308 bits per heavy atom. The maximum Gasteiger partial charge on any atom is 0.0715 e. The SMILES string of the molecule is Cc1cccc(-c2cccc(-c3ccc(-c4cc(-c5cccc(C)c5)nc(-c5cccc(C)c5)c4)cc3)c2)c1. The number of nitrogens with zero attached hydrogens (tertiary/aromatic N) is 1. The van der Waals surface area contributed by atoms with Crippen molar-refractivity contribution in [3.63, 3.8) is 0 Å². The summed E-state index contributed by atoms with van der Waals surface area (Å²) >= 11 is 0. The van der Waals surface area contributed by atoms with Crippen molar-refractivity contribution >= 4 is 0 Å². The third-order valence-corrected chi connectivity index (χ3v) is 7.22. The van der Waals surface area contributed by atoms with Crippen LogP contribution in [0, 0.1) is 20.8 Å². The van der Waals surface area contributed by atoms with Gasteiger partial charge in [-0.3, -0.25) is 0 Å². The number of hydrogen-bond acceptors (Lipinski definition) is 1. The number of pyridine rings is 1. The van der Waals surface area contributed by atoms with Crippen molar-refractivity contribution in [3.8, 4) is 55.9 Å². The summed E-state index contributed by atoms with van der Waals surface area (Å²) in [5.41, 5.74) is 15.2. The molecule has 6 aromatic rings. The molecule has 1 nitrogen and oxygen atoms in total. The zero-order valence-corrected chi connectivity index (χ0v) is 22.6. The van der Waals surface area contributed by atoms with Crippen LogP contribution in [0.15, 0.2) is 133 Å². The van der Waals surface area contributed by atoms with Crippen LogP contribution in [0.1, 0.15) is 16.7 Å². The maximum absolute atomic E-state index is 5.09. The van der Waals surface area contributed by atoms with Crippen LogP contribution >= 0.6 is 0 Å². The second-order valence-corrected chi connectivity index (χ2v) is 10.4. The first-order valence-electron chi connectivity index (χ1n) is 13.5. The highest BCUT2D eigenvalue weighted by atomic mass is 14.7. The summed E-state index contributed by atoms with van der Waals surface area (Å²) < 4.78 is 0. The van der Waals surface area contributed by atoms with Crippen molar-refractivity contribution in [2.45, 2.75) is 20.8 Å². The lowest BCUT2D eigenvalue weighted by molar-refractivity contribution is 1.31. The van der Waals surface area contributed by atoms with Gasteiger partial charge in [-0.15, -0.1) is 0 Å². The molecule has 0 fully saturated rings. The molecule has 0 spiro atoms. The summed E-state index contributed by atoms with van der Waals surface area (Å²) in [6.45, 7) is 6.39. The first-order valence-corrected chi connectivity index (χ1v) is 13.5. The van der Waals surface area contributed by atoms with Gasteiger partial charge in [0.25, 0.3) is 0 Å². The molecule has 0 amide bonds. The van der Waals surface area contributed by atoms with Gasteiger partial charge in [-0.05, 0) is 84.5 Å². The highest BCUT2D eigenvalue weighted by molar-refractivity contribution is 5.79. The quantitative estimate of drug-likeness (QED) is 0.229. The van der Waals surface area contributed by atoms with E-state index in [1.54, 1.807) is 0 Å². The van der Waals surface area contributed by atoms with E-state index in [2.05, 4.69) is 154 Å². The van der Waals surface area contributed by atoms with Gasteiger partial charge >= 0.3 is 0 Å². The van der Waals surface area contributed by atoms with Crippen LogP contribution in [0.5, 0.6) is 0 Å². The Bertz CT molecular complexity index is 1710. The molecule has 0 aliphatic heterocycles. The summed E-state index contributed by atoms with van der Waals surface area (Å²) in [5.74, 6) is 0. The fourth-order valence-electron chi connectivity index (χ4n) is 5.16. The van der Waals surface area contributed by atoms with E-state index in [1.807, 2.05) is 0 Å². The van der Waals surface area contributed by atoms with Gasteiger partial charge in [-0.2, -0.15) is 0 Å². The first-order chi connectivity index (χ1) is 19.0. The van der Waals surface area contributed by atoms with E-state index in [9.17, 15) is 0 Å². The molecule has 0 N–H and O–H groups in total. The molecule has 1 heterocycles. The lowest BCUT2D eigenvalue weighted by Crippen LogP contribution is -1.92. The van der Waals surface area contributed by atoms with Crippen molar-refractivity contribution < 1.29 is 0 Å². The Balaban J connectivity index is 1.39. The van der Waals surface area contributed by atoms with Gasteiger partial charge in [0, 0.05) is 11.1 Å². The standard InChI is InChI=1S/C38H31N/c1-26-8-4-11-31(20-26)33-13-7-12-32(23-33)29-16-18-30(19-17-29)36-24-37(34-14-5-9-27(2)21-34)39-38(25-36)35-15-6-10-28(3)22-35/h4-25H,1-3H3. The van der Waals surface area contributed by atoms with Crippen molar-refractivity contribution in [2.75, 3.05) is 0 Å². The fourth-order valence-corrected chi connectivity index (χ4v) is 5.16. The zero-order chi connectivity index (χ0) is 26.8. The van der Waals surface area contributed by atoms with Crippen LogP contribution < -0.4 is 0 Å². The Kier molecular flexibility index (Phi) is 6.65. The average molecular weight is 502 g/mol. The van der Waals surface area contributed by atoms with Crippen LogP contribution in [0.2, 0.25) is 0 Å².